The first-order valence-electron chi connectivity index (χ1n) is 12.6. The summed E-state index contributed by atoms with van der Waals surface area (Å²) < 4.78 is 34.0. The van der Waals surface area contributed by atoms with E-state index >= 15 is 0 Å². The second kappa shape index (κ2) is 11.8. The zero-order valence-corrected chi connectivity index (χ0v) is 21.9. The largest absolute Gasteiger partial charge is 0.495 e. The molecule has 1 heterocycles. The first-order chi connectivity index (χ1) is 16.9. The Hall–Kier alpha value is -2.09. The monoisotopic (exact) mass is 518 g/mol. The highest BCUT2D eigenvalue weighted by atomic mass is 35.5. The van der Waals surface area contributed by atoms with Crippen molar-refractivity contribution >= 4 is 27.5 Å². The quantitative estimate of drug-likeness (QED) is 0.484. The molecule has 4 rings (SSSR count). The van der Waals surface area contributed by atoms with Gasteiger partial charge < -0.3 is 9.64 Å². The number of carbonyl (C=O) groups is 1. The van der Waals surface area contributed by atoms with Gasteiger partial charge in [-0.05, 0) is 61.8 Å². The molecule has 1 saturated heterocycles. The van der Waals surface area contributed by atoms with Crippen LogP contribution in [0.2, 0.25) is 5.02 Å². The summed E-state index contributed by atoms with van der Waals surface area (Å²) in [4.78, 5) is 15.3. The zero-order chi connectivity index (χ0) is 24.8. The molecule has 0 atom stereocenters. The van der Waals surface area contributed by atoms with E-state index in [4.69, 9.17) is 16.3 Å². The second-order valence-electron chi connectivity index (χ2n) is 9.65. The number of ether oxygens (including phenoxy) is 1. The molecule has 0 aromatic heterocycles. The van der Waals surface area contributed by atoms with E-state index in [1.165, 1.54) is 29.1 Å². The Morgan fingerprint density at radius 3 is 2.34 bits per heavy atom. The molecule has 0 radical (unpaired) electrons. The molecule has 0 unspecified atom stereocenters. The molecular weight excluding hydrogens is 484 g/mol. The maximum Gasteiger partial charge on any atom is 0.243 e. The first-order valence-corrected chi connectivity index (χ1v) is 14.4. The van der Waals surface area contributed by atoms with Gasteiger partial charge in [-0.3, -0.25) is 4.79 Å². The minimum absolute atomic E-state index is 0.100. The summed E-state index contributed by atoms with van der Waals surface area (Å²) >= 11 is 6.24. The van der Waals surface area contributed by atoms with Crippen molar-refractivity contribution in [2.24, 2.45) is 5.92 Å². The third-order valence-electron chi connectivity index (χ3n) is 7.34. The van der Waals surface area contributed by atoms with Crippen molar-refractivity contribution in [1.82, 2.24) is 9.21 Å². The number of methoxy groups -OCH3 is 1. The van der Waals surface area contributed by atoms with Crippen LogP contribution in [0, 0.1) is 5.92 Å². The van der Waals surface area contributed by atoms with Crippen molar-refractivity contribution in [2.45, 2.75) is 62.3 Å². The van der Waals surface area contributed by atoms with E-state index in [0.717, 1.165) is 51.4 Å². The predicted octanol–water partition coefficient (Wildman–Crippen LogP) is 5.15. The Labute approximate surface area is 214 Å². The molecule has 1 amide bonds. The predicted molar refractivity (Wildman–Crippen MR) is 138 cm³/mol. The van der Waals surface area contributed by atoms with E-state index in [-0.39, 0.29) is 28.4 Å². The summed E-state index contributed by atoms with van der Waals surface area (Å²) in [6, 6.07) is 14.8. The van der Waals surface area contributed by atoms with Crippen LogP contribution in [-0.2, 0) is 21.2 Å². The summed E-state index contributed by atoms with van der Waals surface area (Å²) in [5.41, 5.74) is 1.32. The number of nitrogens with zero attached hydrogens (tertiary/aromatic N) is 2. The smallest absolute Gasteiger partial charge is 0.243 e. The average Bonchev–Trinajstić information content (AvgIpc) is 2.88. The second-order valence-corrected chi connectivity index (χ2v) is 12.0. The van der Waals surface area contributed by atoms with Crippen molar-refractivity contribution in [1.29, 1.82) is 0 Å². The maximum absolute atomic E-state index is 13.7. The lowest BCUT2D eigenvalue weighted by Crippen LogP contribution is -2.49. The van der Waals surface area contributed by atoms with E-state index < -0.39 is 10.0 Å². The van der Waals surface area contributed by atoms with Gasteiger partial charge in [0, 0.05) is 19.1 Å². The standard InChI is InChI=1S/C27H35ClN2O4S/c1-34-26-13-12-24(19-25(26)28)35(32,33)30(23-10-6-3-7-11-23)20-27(31)29-16-14-22(15-17-29)18-21-8-4-2-5-9-21/h2,4-5,8-9,12-13,19,22-23H,3,6-7,10-11,14-18,20H2,1H3. The van der Waals surface area contributed by atoms with Gasteiger partial charge in [0.05, 0.1) is 23.6 Å². The molecule has 6 nitrogen and oxygen atoms in total. The van der Waals surface area contributed by atoms with Crippen LogP contribution in [0.3, 0.4) is 0 Å². The first kappa shape index (κ1) is 26.0. The molecule has 1 aliphatic heterocycles. The van der Waals surface area contributed by atoms with Gasteiger partial charge in [0.15, 0.2) is 0 Å². The number of halogens is 1. The highest BCUT2D eigenvalue weighted by molar-refractivity contribution is 7.89. The highest BCUT2D eigenvalue weighted by Crippen LogP contribution is 2.32. The fourth-order valence-electron chi connectivity index (χ4n) is 5.29. The molecule has 190 valence electrons. The third kappa shape index (κ3) is 6.38. The zero-order valence-electron chi connectivity index (χ0n) is 20.4. The van der Waals surface area contributed by atoms with E-state index in [1.807, 2.05) is 11.0 Å². The van der Waals surface area contributed by atoms with E-state index in [0.29, 0.717) is 24.8 Å². The van der Waals surface area contributed by atoms with Crippen LogP contribution in [0.5, 0.6) is 5.75 Å². The number of carbonyl (C=O) groups excluding carboxylic acids is 1. The molecule has 35 heavy (non-hydrogen) atoms. The fourth-order valence-corrected chi connectivity index (χ4v) is 7.27. The summed E-state index contributed by atoms with van der Waals surface area (Å²) in [5.74, 6) is 0.849. The Morgan fingerprint density at radius 2 is 1.71 bits per heavy atom. The molecule has 0 spiro atoms. The van der Waals surface area contributed by atoms with Crippen molar-refractivity contribution in [2.75, 3.05) is 26.7 Å². The molecule has 0 N–H and O–H groups in total. The van der Waals surface area contributed by atoms with Crippen molar-refractivity contribution in [3.05, 3.63) is 59.1 Å². The molecular formula is C27H35ClN2O4S. The van der Waals surface area contributed by atoms with Crippen LogP contribution in [0.15, 0.2) is 53.4 Å². The number of piperidine rings is 1. The van der Waals surface area contributed by atoms with Crippen LogP contribution in [0.1, 0.15) is 50.5 Å². The Morgan fingerprint density at radius 1 is 1.03 bits per heavy atom. The fraction of sp³-hybridized carbons (Fsp3) is 0.519. The van der Waals surface area contributed by atoms with Gasteiger partial charge in [-0.1, -0.05) is 61.2 Å². The van der Waals surface area contributed by atoms with E-state index in [9.17, 15) is 13.2 Å². The van der Waals surface area contributed by atoms with Crippen molar-refractivity contribution in [3.63, 3.8) is 0 Å². The van der Waals surface area contributed by atoms with Gasteiger partial charge in [0.1, 0.15) is 5.75 Å². The normalized spacial score (nSPS) is 18.1. The van der Waals surface area contributed by atoms with Crippen LogP contribution in [0.25, 0.3) is 0 Å². The molecule has 2 aromatic rings. The van der Waals surface area contributed by atoms with Gasteiger partial charge >= 0.3 is 0 Å². The Balaban J connectivity index is 1.46. The van der Waals surface area contributed by atoms with Gasteiger partial charge in [0.25, 0.3) is 0 Å². The molecule has 8 heteroatoms. The molecule has 1 saturated carbocycles. The van der Waals surface area contributed by atoms with Gasteiger partial charge in [0.2, 0.25) is 15.9 Å². The van der Waals surface area contributed by atoms with E-state index in [1.54, 1.807) is 6.07 Å². The van der Waals surface area contributed by atoms with Gasteiger partial charge in [-0.15, -0.1) is 0 Å². The van der Waals surface area contributed by atoms with Crippen molar-refractivity contribution in [3.8, 4) is 5.75 Å². The van der Waals surface area contributed by atoms with Crippen molar-refractivity contribution < 1.29 is 17.9 Å². The minimum Gasteiger partial charge on any atom is -0.495 e. The van der Waals surface area contributed by atoms with Crippen LogP contribution < -0.4 is 4.74 Å². The lowest BCUT2D eigenvalue weighted by molar-refractivity contribution is -0.133. The minimum atomic E-state index is -3.89. The maximum atomic E-state index is 13.7. The van der Waals surface area contributed by atoms with Gasteiger partial charge in [-0.2, -0.15) is 4.31 Å². The number of hydrogen-bond acceptors (Lipinski definition) is 4. The summed E-state index contributed by atoms with van der Waals surface area (Å²) in [6.07, 6.45) is 7.48. The molecule has 2 aliphatic rings. The SMILES string of the molecule is COc1ccc(S(=O)(=O)N(CC(=O)N2CCC(Cc3ccccc3)CC2)C2CCCCC2)cc1Cl. The number of sulfonamides is 1. The Kier molecular flexibility index (Phi) is 8.73. The highest BCUT2D eigenvalue weighted by Gasteiger charge is 2.36. The number of amides is 1. The number of likely N-dealkylation sites (tertiary alicyclic amines) is 1. The van der Waals surface area contributed by atoms with Crippen LogP contribution in [0.4, 0.5) is 0 Å². The number of benzene rings is 2. The lowest BCUT2D eigenvalue weighted by Gasteiger charge is -2.36. The topological polar surface area (TPSA) is 66.9 Å². The molecule has 2 fully saturated rings. The summed E-state index contributed by atoms with van der Waals surface area (Å²) in [6.45, 7) is 1.21. The van der Waals surface area contributed by atoms with Crippen LogP contribution in [-0.4, -0.2) is 56.3 Å². The van der Waals surface area contributed by atoms with E-state index in [2.05, 4.69) is 24.3 Å². The molecule has 0 bridgehead atoms. The summed E-state index contributed by atoms with van der Waals surface area (Å²) in [7, 11) is -2.40. The van der Waals surface area contributed by atoms with Gasteiger partial charge in [-0.25, -0.2) is 8.42 Å². The summed E-state index contributed by atoms with van der Waals surface area (Å²) in [5, 5.41) is 0.240. The van der Waals surface area contributed by atoms with Crippen LogP contribution >= 0.6 is 11.6 Å². The molecule has 1 aliphatic carbocycles. The number of hydrogen-bond donors (Lipinski definition) is 0. The lowest BCUT2D eigenvalue weighted by atomic mass is 9.90. The average molecular weight is 519 g/mol. The Bertz CT molecular complexity index is 1100. The molecule has 2 aromatic carbocycles. The third-order valence-corrected chi connectivity index (χ3v) is 9.53. The number of rotatable bonds is 8.